The SMILES string of the molecule is COc1cc2c(nc1Cc1cccc(Cl)c1F)c(=O)c(C(=O)O)cn2C(CO)C(C)C. The molecule has 2 aromatic heterocycles. The number of ether oxygens (including phenoxy) is 1. The Bertz CT molecular complexity index is 1210. The van der Waals surface area contributed by atoms with E-state index in [-0.39, 0.29) is 40.7 Å². The second-order valence-corrected chi connectivity index (χ2v) is 7.88. The summed E-state index contributed by atoms with van der Waals surface area (Å²) in [5, 5.41) is 19.4. The molecule has 0 amide bonds. The molecule has 3 aromatic rings. The van der Waals surface area contributed by atoms with Crippen molar-refractivity contribution in [2.45, 2.75) is 26.3 Å². The number of aliphatic hydroxyl groups excluding tert-OH is 1. The number of halogens is 2. The Labute approximate surface area is 182 Å². The third-order valence-electron chi connectivity index (χ3n) is 5.20. The van der Waals surface area contributed by atoms with Gasteiger partial charge in [0.15, 0.2) is 0 Å². The van der Waals surface area contributed by atoms with Crippen molar-refractivity contribution >= 4 is 28.6 Å². The van der Waals surface area contributed by atoms with Crippen molar-refractivity contribution in [1.29, 1.82) is 0 Å². The van der Waals surface area contributed by atoms with Crippen LogP contribution in [0.1, 0.15) is 41.5 Å². The number of carboxylic acids is 1. The standard InChI is InChI=1S/C22H22ClFN2O5/c1-11(2)17(10-27)26-9-13(22(29)30)21(28)20-16(26)8-18(31-3)15(25-20)7-12-5-4-6-14(23)19(12)24/h4-6,8-9,11,17,27H,7,10H2,1-3H3,(H,29,30). The molecule has 0 aliphatic carbocycles. The van der Waals surface area contributed by atoms with Crippen LogP contribution >= 0.6 is 11.6 Å². The molecule has 0 radical (unpaired) electrons. The first-order chi connectivity index (χ1) is 14.7. The van der Waals surface area contributed by atoms with Gasteiger partial charge in [-0.3, -0.25) is 4.79 Å². The van der Waals surface area contributed by atoms with Crippen molar-refractivity contribution in [3.8, 4) is 5.75 Å². The molecule has 164 valence electrons. The number of fused-ring (bicyclic) bond motifs is 1. The number of hydrogen-bond acceptors (Lipinski definition) is 5. The molecule has 1 unspecified atom stereocenters. The number of benzene rings is 1. The zero-order valence-corrected chi connectivity index (χ0v) is 18.0. The minimum Gasteiger partial charge on any atom is -0.495 e. The van der Waals surface area contributed by atoms with Crippen molar-refractivity contribution in [2.24, 2.45) is 5.92 Å². The molecule has 2 N–H and O–H groups in total. The first-order valence-electron chi connectivity index (χ1n) is 9.59. The Morgan fingerprint density at radius 2 is 2.06 bits per heavy atom. The van der Waals surface area contributed by atoms with Crippen LogP contribution in [0.3, 0.4) is 0 Å². The minimum atomic E-state index is -1.40. The van der Waals surface area contributed by atoms with Crippen LogP contribution in [0.25, 0.3) is 11.0 Å². The van der Waals surface area contributed by atoms with Gasteiger partial charge in [-0.1, -0.05) is 37.6 Å². The van der Waals surface area contributed by atoms with E-state index < -0.39 is 28.8 Å². The molecule has 0 bridgehead atoms. The van der Waals surface area contributed by atoms with E-state index in [1.165, 1.54) is 23.9 Å². The first kappa shape index (κ1) is 22.7. The number of aromatic nitrogens is 2. The fourth-order valence-electron chi connectivity index (χ4n) is 3.50. The zero-order valence-electron chi connectivity index (χ0n) is 17.2. The predicted molar refractivity (Wildman–Crippen MR) is 115 cm³/mol. The van der Waals surface area contributed by atoms with Gasteiger partial charge in [-0.2, -0.15) is 0 Å². The highest BCUT2D eigenvalue weighted by molar-refractivity contribution is 6.30. The highest BCUT2D eigenvalue weighted by Crippen LogP contribution is 2.29. The average molecular weight is 449 g/mol. The normalized spacial score (nSPS) is 12.4. The molecule has 0 aliphatic rings. The maximum atomic E-state index is 14.4. The Hall–Kier alpha value is -2.97. The first-order valence-corrected chi connectivity index (χ1v) is 9.97. The molecule has 31 heavy (non-hydrogen) atoms. The number of nitrogens with zero attached hydrogens (tertiary/aromatic N) is 2. The van der Waals surface area contributed by atoms with E-state index >= 15 is 0 Å². The van der Waals surface area contributed by atoms with Gasteiger partial charge in [0.05, 0.1) is 36.0 Å². The topological polar surface area (TPSA) is 102 Å². The second-order valence-electron chi connectivity index (χ2n) is 7.47. The minimum absolute atomic E-state index is 0.0180. The zero-order chi connectivity index (χ0) is 22.9. The van der Waals surface area contributed by atoms with E-state index in [0.29, 0.717) is 11.3 Å². The molecule has 1 aromatic carbocycles. The molecule has 2 heterocycles. The third kappa shape index (κ3) is 4.26. The largest absolute Gasteiger partial charge is 0.495 e. The van der Waals surface area contributed by atoms with E-state index in [0.717, 1.165) is 0 Å². The van der Waals surface area contributed by atoms with Gasteiger partial charge < -0.3 is 19.5 Å². The lowest BCUT2D eigenvalue weighted by Crippen LogP contribution is -2.26. The Morgan fingerprint density at radius 1 is 1.35 bits per heavy atom. The smallest absolute Gasteiger partial charge is 0.341 e. The van der Waals surface area contributed by atoms with Gasteiger partial charge in [0.1, 0.15) is 22.6 Å². The molecule has 3 rings (SSSR count). The van der Waals surface area contributed by atoms with Crippen LogP contribution in [0.2, 0.25) is 5.02 Å². The van der Waals surface area contributed by atoms with Gasteiger partial charge >= 0.3 is 5.97 Å². The van der Waals surface area contributed by atoms with Crippen molar-refractivity contribution < 1.29 is 24.1 Å². The van der Waals surface area contributed by atoms with Gasteiger partial charge in [-0.05, 0) is 17.5 Å². The lowest BCUT2D eigenvalue weighted by molar-refractivity contribution is 0.0694. The van der Waals surface area contributed by atoms with E-state index in [1.54, 1.807) is 18.2 Å². The number of aromatic carboxylic acids is 1. The maximum Gasteiger partial charge on any atom is 0.341 e. The van der Waals surface area contributed by atoms with Crippen LogP contribution < -0.4 is 10.2 Å². The van der Waals surface area contributed by atoms with E-state index in [4.69, 9.17) is 16.3 Å². The molecule has 0 spiro atoms. The van der Waals surface area contributed by atoms with Crippen molar-refractivity contribution in [1.82, 2.24) is 9.55 Å². The van der Waals surface area contributed by atoms with Crippen LogP contribution in [0.4, 0.5) is 4.39 Å². The molecule has 0 aliphatic heterocycles. The van der Waals surface area contributed by atoms with Crippen molar-refractivity contribution in [2.75, 3.05) is 13.7 Å². The van der Waals surface area contributed by atoms with Crippen LogP contribution in [-0.2, 0) is 6.42 Å². The number of rotatable bonds is 7. The summed E-state index contributed by atoms with van der Waals surface area (Å²) in [5.74, 6) is -1.78. The van der Waals surface area contributed by atoms with Crippen molar-refractivity contribution in [3.63, 3.8) is 0 Å². The number of hydrogen-bond donors (Lipinski definition) is 2. The lowest BCUT2D eigenvalue weighted by atomic mass is 10.0. The summed E-state index contributed by atoms with van der Waals surface area (Å²) in [4.78, 5) is 28.9. The predicted octanol–water partition coefficient (Wildman–Crippen LogP) is 3.68. The number of pyridine rings is 2. The number of aliphatic hydroxyl groups is 1. The van der Waals surface area contributed by atoms with Gasteiger partial charge in [-0.15, -0.1) is 0 Å². The highest BCUT2D eigenvalue weighted by atomic mass is 35.5. The van der Waals surface area contributed by atoms with Crippen LogP contribution in [0.5, 0.6) is 5.75 Å². The Balaban J connectivity index is 2.32. The fourth-order valence-corrected chi connectivity index (χ4v) is 3.69. The second kappa shape index (κ2) is 9.03. The summed E-state index contributed by atoms with van der Waals surface area (Å²) in [6, 6.07) is 5.61. The van der Waals surface area contributed by atoms with Crippen LogP contribution in [0.15, 0.2) is 35.3 Å². The summed E-state index contributed by atoms with van der Waals surface area (Å²) >= 11 is 5.86. The Morgan fingerprint density at radius 3 is 2.65 bits per heavy atom. The highest BCUT2D eigenvalue weighted by Gasteiger charge is 2.24. The molecule has 7 nitrogen and oxygen atoms in total. The lowest BCUT2D eigenvalue weighted by Gasteiger charge is -2.25. The van der Waals surface area contributed by atoms with Gasteiger partial charge in [-0.25, -0.2) is 14.2 Å². The summed E-state index contributed by atoms with van der Waals surface area (Å²) in [6.07, 6.45) is 1.20. The van der Waals surface area contributed by atoms with Crippen molar-refractivity contribution in [3.05, 3.63) is 68.3 Å². The van der Waals surface area contributed by atoms with E-state index in [1.807, 2.05) is 13.8 Å². The molecular weight excluding hydrogens is 427 g/mol. The van der Waals surface area contributed by atoms with Gasteiger partial charge in [0.2, 0.25) is 5.43 Å². The number of methoxy groups -OCH3 is 1. The quantitative estimate of drug-likeness (QED) is 0.571. The van der Waals surface area contributed by atoms with E-state index in [2.05, 4.69) is 4.98 Å². The molecule has 0 saturated carbocycles. The number of carbonyl (C=O) groups is 1. The molecule has 0 fully saturated rings. The van der Waals surface area contributed by atoms with Crippen LogP contribution in [0, 0.1) is 11.7 Å². The Kier molecular flexibility index (Phi) is 6.62. The molecular formula is C22H22ClFN2O5. The molecule has 0 saturated heterocycles. The monoisotopic (exact) mass is 448 g/mol. The van der Waals surface area contributed by atoms with Gasteiger partial charge in [0.25, 0.3) is 0 Å². The molecule has 9 heteroatoms. The summed E-state index contributed by atoms with van der Waals surface area (Å²) in [7, 11) is 1.42. The number of carboxylic acid groups (broad SMARTS) is 1. The maximum absolute atomic E-state index is 14.4. The fraction of sp³-hybridized carbons (Fsp3) is 0.318. The molecule has 1 atom stereocenters. The summed E-state index contributed by atoms with van der Waals surface area (Å²) in [6.45, 7) is 3.46. The summed E-state index contributed by atoms with van der Waals surface area (Å²) in [5.41, 5.74) is -0.513. The van der Waals surface area contributed by atoms with Gasteiger partial charge in [0, 0.05) is 18.7 Å². The summed E-state index contributed by atoms with van der Waals surface area (Å²) < 4.78 is 21.4. The average Bonchev–Trinajstić information content (AvgIpc) is 2.72. The van der Waals surface area contributed by atoms with E-state index in [9.17, 15) is 24.2 Å². The third-order valence-corrected chi connectivity index (χ3v) is 5.49. The van der Waals surface area contributed by atoms with Crippen LogP contribution in [-0.4, -0.2) is 39.5 Å².